The van der Waals surface area contributed by atoms with Crippen LogP contribution in [0.3, 0.4) is 0 Å². The van der Waals surface area contributed by atoms with E-state index < -0.39 is 0 Å². The summed E-state index contributed by atoms with van der Waals surface area (Å²) in [6.07, 6.45) is 6.44. The second kappa shape index (κ2) is 6.91. The van der Waals surface area contributed by atoms with E-state index in [1.54, 1.807) is 0 Å². The van der Waals surface area contributed by atoms with Crippen LogP contribution in [0.15, 0.2) is 42.5 Å². The number of carbonyl (C=O) groups excluding carboxylic acids is 1. The van der Waals surface area contributed by atoms with Crippen LogP contribution >= 0.6 is 11.6 Å². The van der Waals surface area contributed by atoms with Gasteiger partial charge in [0, 0.05) is 16.9 Å². The van der Waals surface area contributed by atoms with E-state index in [1.807, 2.05) is 24.3 Å². The molecule has 0 aromatic heterocycles. The normalized spacial score (nSPS) is 31.1. The van der Waals surface area contributed by atoms with Crippen LogP contribution in [0.4, 0.5) is 0 Å². The monoisotopic (exact) mass is 394 g/mol. The van der Waals surface area contributed by atoms with Gasteiger partial charge in [-0.2, -0.15) is 0 Å². The number of rotatable bonds is 3. The molecule has 4 atom stereocenters. The second-order valence-electron chi connectivity index (χ2n) is 9.11. The molecule has 0 N–H and O–H groups in total. The topological polar surface area (TPSA) is 26.3 Å². The smallest absolute Gasteiger partial charge is 0.139 e. The van der Waals surface area contributed by atoms with Crippen LogP contribution in [0.1, 0.15) is 61.6 Å². The first-order valence-electron chi connectivity index (χ1n) is 10.6. The van der Waals surface area contributed by atoms with Gasteiger partial charge in [-0.1, -0.05) is 36.7 Å². The first-order valence-corrected chi connectivity index (χ1v) is 11.0. The van der Waals surface area contributed by atoms with Crippen molar-refractivity contribution in [1.82, 2.24) is 0 Å². The van der Waals surface area contributed by atoms with Crippen LogP contribution in [0.5, 0.6) is 5.75 Å². The summed E-state index contributed by atoms with van der Waals surface area (Å²) in [6, 6.07) is 14.5. The van der Waals surface area contributed by atoms with Crippen LogP contribution in [0.25, 0.3) is 0 Å². The summed E-state index contributed by atoms with van der Waals surface area (Å²) >= 11 is 5.95. The average molecular weight is 395 g/mol. The van der Waals surface area contributed by atoms with E-state index in [9.17, 15) is 4.79 Å². The molecule has 0 spiro atoms. The predicted molar refractivity (Wildman–Crippen MR) is 112 cm³/mol. The van der Waals surface area contributed by atoms with Crippen molar-refractivity contribution in [3.05, 3.63) is 64.2 Å². The Balaban J connectivity index is 1.33. The molecule has 2 saturated carbocycles. The molecule has 0 aliphatic heterocycles. The van der Waals surface area contributed by atoms with Crippen molar-refractivity contribution in [2.24, 2.45) is 17.3 Å². The lowest BCUT2D eigenvalue weighted by molar-refractivity contribution is -0.129. The number of benzene rings is 2. The number of ether oxygens (including phenoxy) is 1. The third-order valence-corrected chi connectivity index (χ3v) is 7.98. The van der Waals surface area contributed by atoms with Gasteiger partial charge >= 0.3 is 0 Å². The third kappa shape index (κ3) is 2.97. The summed E-state index contributed by atoms with van der Waals surface area (Å²) in [6.45, 7) is 2.80. The molecule has 3 aliphatic rings. The van der Waals surface area contributed by atoms with Crippen molar-refractivity contribution < 1.29 is 9.53 Å². The molecule has 146 valence electrons. The van der Waals surface area contributed by atoms with Gasteiger partial charge in [-0.25, -0.2) is 0 Å². The Kier molecular flexibility index (Phi) is 4.50. The summed E-state index contributed by atoms with van der Waals surface area (Å²) in [5.41, 5.74) is 4.04. The van der Waals surface area contributed by atoms with E-state index >= 15 is 0 Å². The standard InChI is InChI=1S/C25H27ClO2/c1-25-13-12-21-20-9-7-19(28-15-16-2-5-18(26)6-3-16)14-17(20)4-8-22(21)23(25)10-11-24(25)27/h2-3,5-7,9,14,21-23H,4,8,10-13,15H2,1H3/t21-,22+,23-,25+/m1/s1. The minimum atomic E-state index is -0.0414. The molecular formula is C25H27ClO2. The van der Waals surface area contributed by atoms with E-state index in [0.29, 0.717) is 30.1 Å². The van der Waals surface area contributed by atoms with Crippen LogP contribution in [-0.4, -0.2) is 5.78 Å². The molecule has 2 nitrogen and oxygen atoms in total. The minimum absolute atomic E-state index is 0.0414. The predicted octanol–water partition coefficient (Wildman–Crippen LogP) is 6.34. The molecule has 0 heterocycles. The molecule has 3 aliphatic carbocycles. The molecule has 2 aromatic rings. The minimum Gasteiger partial charge on any atom is -0.489 e. The highest BCUT2D eigenvalue weighted by Gasteiger charge is 2.54. The summed E-state index contributed by atoms with van der Waals surface area (Å²) < 4.78 is 6.05. The fourth-order valence-corrected chi connectivity index (χ4v) is 6.29. The number of aryl methyl sites for hydroxylation is 1. The van der Waals surface area contributed by atoms with Gasteiger partial charge < -0.3 is 4.74 Å². The highest BCUT2D eigenvalue weighted by atomic mass is 35.5. The van der Waals surface area contributed by atoms with Gasteiger partial charge in [-0.15, -0.1) is 0 Å². The number of fused-ring (bicyclic) bond motifs is 5. The maximum absolute atomic E-state index is 12.5. The second-order valence-corrected chi connectivity index (χ2v) is 9.55. The van der Waals surface area contributed by atoms with Gasteiger partial charge in [0.05, 0.1) is 0 Å². The lowest BCUT2D eigenvalue weighted by Gasteiger charge is -2.48. The molecule has 5 rings (SSSR count). The quantitative estimate of drug-likeness (QED) is 0.606. The first kappa shape index (κ1) is 18.2. The SMILES string of the molecule is C[C@]12CC[C@@H]3c4ccc(OCc5ccc(Cl)cc5)cc4CC[C@@H]3[C@H]1CCC2=O. The fraction of sp³-hybridized carbons (Fsp3) is 0.480. The van der Waals surface area contributed by atoms with E-state index in [2.05, 4.69) is 25.1 Å². The first-order chi connectivity index (χ1) is 13.5. The lowest BCUT2D eigenvalue weighted by Crippen LogP contribution is -2.42. The Hall–Kier alpha value is -1.80. The van der Waals surface area contributed by atoms with Crippen molar-refractivity contribution in [2.75, 3.05) is 0 Å². The van der Waals surface area contributed by atoms with Crippen LogP contribution in [-0.2, 0) is 17.8 Å². The molecule has 2 aromatic carbocycles. The van der Waals surface area contributed by atoms with Crippen molar-refractivity contribution in [3.8, 4) is 5.75 Å². The van der Waals surface area contributed by atoms with Crippen molar-refractivity contribution >= 4 is 17.4 Å². The molecule has 0 saturated heterocycles. The maximum atomic E-state index is 12.5. The molecule has 0 bridgehead atoms. The Morgan fingerprint density at radius 1 is 1.07 bits per heavy atom. The number of Topliss-reactive ketones (excluding diaryl/α,β-unsaturated/α-hetero) is 1. The van der Waals surface area contributed by atoms with E-state index in [-0.39, 0.29) is 5.41 Å². The lowest BCUT2D eigenvalue weighted by atomic mass is 9.55. The van der Waals surface area contributed by atoms with Gasteiger partial charge in [0.25, 0.3) is 0 Å². The van der Waals surface area contributed by atoms with Crippen LogP contribution < -0.4 is 4.74 Å². The molecular weight excluding hydrogens is 368 g/mol. The molecule has 0 radical (unpaired) electrons. The number of hydrogen-bond donors (Lipinski definition) is 0. The number of halogens is 1. The van der Waals surface area contributed by atoms with Gasteiger partial charge in [-0.3, -0.25) is 4.79 Å². The van der Waals surface area contributed by atoms with E-state index in [4.69, 9.17) is 16.3 Å². The Bertz CT molecular complexity index is 903. The van der Waals surface area contributed by atoms with Crippen LogP contribution in [0, 0.1) is 17.3 Å². The van der Waals surface area contributed by atoms with Crippen molar-refractivity contribution in [2.45, 2.75) is 58.0 Å². The number of ketones is 1. The zero-order valence-corrected chi connectivity index (χ0v) is 17.2. The average Bonchev–Trinajstić information content (AvgIpc) is 3.02. The summed E-state index contributed by atoms with van der Waals surface area (Å²) in [4.78, 5) is 12.5. The molecule has 28 heavy (non-hydrogen) atoms. The number of carbonyl (C=O) groups is 1. The van der Waals surface area contributed by atoms with E-state index in [0.717, 1.165) is 48.4 Å². The summed E-state index contributed by atoms with van der Waals surface area (Å²) in [7, 11) is 0. The van der Waals surface area contributed by atoms with Crippen molar-refractivity contribution in [1.29, 1.82) is 0 Å². The zero-order valence-electron chi connectivity index (χ0n) is 16.4. The van der Waals surface area contributed by atoms with Gasteiger partial charge in [0.15, 0.2) is 0 Å². The highest BCUT2D eigenvalue weighted by molar-refractivity contribution is 6.30. The largest absolute Gasteiger partial charge is 0.489 e. The maximum Gasteiger partial charge on any atom is 0.139 e. The van der Waals surface area contributed by atoms with Gasteiger partial charge in [-0.05, 0) is 90.8 Å². The van der Waals surface area contributed by atoms with Crippen molar-refractivity contribution in [3.63, 3.8) is 0 Å². The Morgan fingerprint density at radius 2 is 1.89 bits per heavy atom. The molecule has 2 fully saturated rings. The fourth-order valence-electron chi connectivity index (χ4n) is 6.17. The van der Waals surface area contributed by atoms with E-state index in [1.165, 1.54) is 17.5 Å². The summed E-state index contributed by atoms with van der Waals surface area (Å²) in [5.74, 6) is 3.36. The molecule has 0 amide bonds. The van der Waals surface area contributed by atoms with Gasteiger partial charge in [0.1, 0.15) is 18.1 Å². The molecule has 0 unspecified atom stereocenters. The molecule has 3 heteroatoms. The summed E-state index contributed by atoms with van der Waals surface area (Å²) in [5, 5.41) is 0.750. The Morgan fingerprint density at radius 3 is 2.71 bits per heavy atom. The third-order valence-electron chi connectivity index (χ3n) is 7.73. The van der Waals surface area contributed by atoms with Crippen LogP contribution in [0.2, 0.25) is 5.02 Å². The zero-order chi connectivity index (χ0) is 19.3. The Labute approximate surface area is 172 Å². The number of hydrogen-bond acceptors (Lipinski definition) is 2. The highest BCUT2D eigenvalue weighted by Crippen LogP contribution is 2.59. The van der Waals surface area contributed by atoms with Gasteiger partial charge in [0.2, 0.25) is 0 Å².